The van der Waals surface area contributed by atoms with Gasteiger partial charge < -0.3 is 9.80 Å². The molecule has 3 N–H and O–H groups in total. The Balaban J connectivity index is 2.38. The molecule has 1 saturated heterocycles. The first kappa shape index (κ1) is 16.8. The predicted octanol–water partition coefficient (Wildman–Crippen LogP) is -0.721. The van der Waals surface area contributed by atoms with Crippen molar-refractivity contribution in [1.29, 1.82) is 0 Å². The van der Waals surface area contributed by atoms with E-state index in [1.807, 2.05) is 0 Å². The summed E-state index contributed by atoms with van der Waals surface area (Å²) in [6.07, 6.45) is 3.71. The number of likely N-dealkylation sites (N-methyl/N-ethyl adjacent to an activating group) is 2. The van der Waals surface area contributed by atoms with Crippen LogP contribution in [0.4, 0.5) is 0 Å². The van der Waals surface area contributed by atoms with E-state index >= 15 is 0 Å². The molecule has 0 aromatic rings. The van der Waals surface area contributed by atoms with Crippen molar-refractivity contribution in [3.05, 3.63) is 0 Å². The lowest BCUT2D eigenvalue weighted by Crippen LogP contribution is -2.52. The van der Waals surface area contributed by atoms with Crippen molar-refractivity contribution in [2.24, 2.45) is 5.84 Å². The van der Waals surface area contributed by atoms with E-state index in [0.717, 1.165) is 32.5 Å². The summed E-state index contributed by atoms with van der Waals surface area (Å²) in [7, 11) is 1.41. The first-order valence-electron chi connectivity index (χ1n) is 6.84. The minimum Gasteiger partial charge on any atom is -0.304 e. The molecule has 1 fully saturated rings. The summed E-state index contributed by atoms with van der Waals surface area (Å²) >= 11 is 0. The van der Waals surface area contributed by atoms with Crippen molar-refractivity contribution in [1.82, 2.24) is 15.2 Å². The monoisotopic (exact) mass is 292 g/mol. The molecule has 6 nitrogen and oxygen atoms in total. The van der Waals surface area contributed by atoms with Gasteiger partial charge in [-0.15, -0.1) is 0 Å². The molecule has 114 valence electrons. The van der Waals surface area contributed by atoms with Gasteiger partial charge in [-0.05, 0) is 33.4 Å². The Morgan fingerprint density at radius 1 is 1.37 bits per heavy atom. The van der Waals surface area contributed by atoms with Gasteiger partial charge in [0.2, 0.25) is 0 Å². The van der Waals surface area contributed by atoms with Gasteiger partial charge in [-0.25, -0.2) is 8.42 Å². The van der Waals surface area contributed by atoms with E-state index in [9.17, 15) is 8.42 Å². The van der Waals surface area contributed by atoms with Crippen LogP contribution in [-0.4, -0.2) is 76.0 Å². The largest absolute Gasteiger partial charge is 0.304 e. The standard InChI is InChI=1S/C12H28N4O2S/c1-15-6-7-16(2)12(10-15)9-11(14-13)5-4-8-19(3,17)18/h11-12,14H,4-10,13H2,1-3H3. The van der Waals surface area contributed by atoms with Crippen molar-refractivity contribution >= 4 is 9.84 Å². The second-order valence-corrected chi connectivity index (χ2v) is 8.03. The third-order valence-electron chi connectivity index (χ3n) is 3.84. The number of nitrogens with zero attached hydrogens (tertiary/aromatic N) is 2. The molecule has 19 heavy (non-hydrogen) atoms. The van der Waals surface area contributed by atoms with Gasteiger partial charge in [0.05, 0.1) is 0 Å². The Labute approximate surface area is 117 Å². The molecule has 1 aliphatic rings. The van der Waals surface area contributed by atoms with Gasteiger partial charge in [0, 0.05) is 43.7 Å². The van der Waals surface area contributed by atoms with E-state index in [1.54, 1.807) is 0 Å². The Morgan fingerprint density at radius 2 is 2.05 bits per heavy atom. The van der Waals surface area contributed by atoms with E-state index < -0.39 is 9.84 Å². The summed E-state index contributed by atoms with van der Waals surface area (Å²) in [5.41, 5.74) is 2.83. The van der Waals surface area contributed by atoms with Crippen molar-refractivity contribution in [3.8, 4) is 0 Å². The van der Waals surface area contributed by atoms with E-state index in [4.69, 9.17) is 5.84 Å². The van der Waals surface area contributed by atoms with Crippen molar-refractivity contribution in [3.63, 3.8) is 0 Å². The maximum atomic E-state index is 11.1. The van der Waals surface area contributed by atoms with Crippen LogP contribution in [-0.2, 0) is 9.84 Å². The molecule has 0 spiro atoms. The summed E-state index contributed by atoms with van der Waals surface area (Å²) in [6.45, 7) is 3.21. The molecule has 0 bridgehead atoms. The summed E-state index contributed by atoms with van der Waals surface area (Å²) in [6, 6.07) is 0.665. The lowest BCUT2D eigenvalue weighted by molar-refractivity contribution is 0.100. The average Bonchev–Trinajstić information content (AvgIpc) is 2.30. The Hall–Kier alpha value is -0.210. The van der Waals surface area contributed by atoms with Crippen LogP contribution in [0.15, 0.2) is 0 Å². The zero-order valence-electron chi connectivity index (χ0n) is 12.3. The molecule has 0 aromatic carbocycles. The number of hydrogen-bond acceptors (Lipinski definition) is 6. The Morgan fingerprint density at radius 3 is 2.63 bits per heavy atom. The number of nitrogens with one attached hydrogen (secondary N) is 1. The molecule has 0 amide bonds. The minimum atomic E-state index is -2.87. The quantitative estimate of drug-likeness (QED) is 0.476. The highest BCUT2D eigenvalue weighted by Crippen LogP contribution is 2.14. The van der Waals surface area contributed by atoms with E-state index in [1.165, 1.54) is 6.26 Å². The van der Waals surface area contributed by atoms with Crippen molar-refractivity contribution in [2.45, 2.75) is 31.3 Å². The lowest BCUT2D eigenvalue weighted by atomic mass is 10.0. The number of sulfone groups is 1. The zero-order valence-corrected chi connectivity index (χ0v) is 13.1. The van der Waals surface area contributed by atoms with Crippen LogP contribution in [0.5, 0.6) is 0 Å². The molecule has 0 radical (unpaired) electrons. The van der Waals surface area contributed by atoms with E-state index in [2.05, 4.69) is 29.3 Å². The predicted molar refractivity (Wildman–Crippen MR) is 78.6 cm³/mol. The highest BCUT2D eigenvalue weighted by atomic mass is 32.2. The third kappa shape index (κ3) is 6.67. The topological polar surface area (TPSA) is 78.7 Å². The van der Waals surface area contributed by atoms with Crippen LogP contribution in [0, 0.1) is 0 Å². The van der Waals surface area contributed by atoms with Gasteiger partial charge in [0.25, 0.3) is 0 Å². The summed E-state index contributed by atoms with van der Waals surface area (Å²) in [5.74, 6) is 5.83. The molecule has 1 rings (SSSR count). The molecular formula is C12H28N4O2S. The van der Waals surface area contributed by atoms with Crippen LogP contribution in [0.25, 0.3) is 0 Å². The fourth-order valence-corrected chi connectivity index (χ4v) is 3.24. The SMILES string of the molecule is CN1CCN(C)C(CC(CCCS(C)(=O)=O)NN)C1. The maximum absolute atomic E-state index is 11.1. The fourth-order valence-electron chi connectivity index (χ4n) is 2.55. The number of hydrazine groups is 1. The van der Waals surface area contributed by atoms with Crippen LogP contribution >= 0.6 is 0 Å². The van der Waals surface area contributed by atoms with Gasteiger partial charge in [-0.2, -0.15) is 0 Å². The third-order valence-corrected chi connectivity index (χ3v) is 4.87. The Kier molecular flexibility index (Phi) is 6.68. The summed E-state index contributed by atoms with van der Waals surface area (Å²) in [5, 5.41) is 0. The normalized spacial score (nSPS) is 24.5. The Bertz CT molecular complexity index is 361. The molecular weight excluding hydrogens is 264 g/mol. The second-order valence-electron chi connectivity index (χ2n) is 5.77. The van der Waals surface area contributed by atoms with E-state index in [-0.39, 0.29) is 11.8 Å². The zero-order chi connectivity index (χ0) is 14.5. The van der Waals surface area contributed by atoms with Crippen molar-refractivity contribution < 1.29 is 8.42 Å². The lowest BCUT2D eigenvalue weighted by Gasteiger charge is -2.39. The first-order chi connectivity index (χ1) is 8.81. The van der Waals surface area contributed by atoms with Gasteiger partial charge in [-0.1, -0.05) is 0 Å². The molecule has 7 heteroatoms. The van der Waals surface area contributed by atoms with Gasteiger partial charge in [0.1, 0.15) is 9.84 Å². The molecule has 0 aromatic heterocycles. The fraction of sp³-hybridized carbons (Fsp3) is 1.00. The molecule has 2 unspecified atom stereocenters. The summed E-state index contributed by atoms with van der Waals surface area (Å²) in [4.78, 5) is 4.69. The van der Waals surface area contributed by atoms with Crippen LogP contribution in [0.3, 0.4) is 0 Å². The highest BCUT2D eigenvalue weighted by Gasteiger charge is 2.24. The van der Waals surface area contributed by atoms with Crippen LogP contribution in [0.2, 0.25) is 0 Å². The molecule has 1 heterocycles. The summed E-state index contributed by atoms with van der Waals surface area (Å²) < 4.78 is 22.2. The van der Waals surface area contributed by atoms with Crippen LogP contribution in [0.1, 0.15) is 19.3 Å². The number of hydrogen-bond donors (Lipinski definition) is 2. The number of piperazine rings is 1. The second kappa shape index (κ2) is 7.54. The molecule has 1 aliphatic heterocycles. The number of nitrogens with two attached hydrogens (primary N) is 1. The molecule has 0 aliphatic carbocycles. The van der Waals surface area contributed by atoms with Gasteiger partial charge in [-0.3, -0.25) is 11.3 Å². The van der Waals surface area contributed by atoms with Crippen molar-refractivity contribution in [2.75, 3.05) is 45.7 Å². The number of rotatable bonds is 7. The smallest absolute Gasteiger partial charge is 0.147 e. The van der Waals surface area contributed by atoms with Gasteiger partial charge in [0.15, 0.2) is 0 Å². The van der Waals surface area contributed by atoms with Crippen LogP contribution < -0.4 is 11.3 Å². The first-order valence-corrected chi connectivity index (χ1v) is 8.90. The molecule has 0 saturated carbocycles. The maximum Gasteiger partial charge on any atom is 0.147 e. The highest BCUT2D eigenvalue weighted by molar-refractivity contribution is 7.90. The average molecular weight is 292 g/mol. The molecule has 2 atom stereocenters. The van der Waals surface area contributed by atoms with E-state index in [0.29, 0.717) is 12.5 Å². The van der Waals surface area contributed by atoms with Gasteiger partial charge >= 0.3 is 0 Å². The minimum absolute atomic E-state index is 0.181.